The van der Waals surface area contributed by atoms with Crippen molar-refractivity contribution in [3.05, 3.63) is 51.9 Å². The number of aromatic amines is 1. The summed E-state index contributed by atoms with van der Waals surface area (Å²) >= 11 is 0. The topological polar surface area (TPSA) is 126 Å². The number of nitrogens with zero attached hydrogens (tertiary/aromatic N) is 2. The van der Waals surface area contributed by atoms with Crippen LogP contribution in [-0.4, -0.2) is 32.1 Å². The minimum atomic E-state index is -0.455. The molecule has 1 unspecified atom stereocenters. The van der Waals surface area contributed by atoms with Crippen molar-refractivity contribution in [2.45, 2.75) is 45.6 Å². The van der Waals surface area contributed by atoms with Crippen LogP contribution < -0.4 is 16.2 Å². The van der Waals surface area contributed by atoms with E-state index in [0.717, 1.165) is 18.4 Å². The number of aromatic nitrogens is 3. The molecule has 3 rings (SSSR count). The number of hydrogen-bond donors (Lipinski definition) is 4. The van der Waals surface area contributed by atoms with Crippen LogP contribution in [0.1, 0.15) is 56.7 Å². The van der Waals surface area contributed by atoms with Gasteiger partial charge in [-0.05, 0) is 42.2 Å². The fourth-order valence-electron chi connectivity index (χ4n) is 3.57. The van der Waals surface area contributed by atoms with E-state index in [1.54, 1.807) is 31.4 Å². The lowest BCUT2D eigenvalue weighted by Gasteiger charge is -2.17. The van der Waals surface area contributed by atoms with Crippen LogP contribution in [0.15, 0.2) is 35.1 Å². The maximum atomic E-state index is 12.6. The van der Waals surface area contributed by atoms with Gasteiger partial charge in [-0.1, -0.05) is 27.2 Å². The number of rotatable bonds is 7. The summed E-state index contributed by atoms with van der Waals surface area (Å²) in [6, 6.07) is 7.98. The van der Waals surface area contributed by atoms with Crippen LogP contribution in [0, 0.1) is 0 Å². The Labute approximate surface area is 174 Å². The van der Waals surface area contributed by atoms with Gasteiger partial charge in [0.15, 0.2) is 5.82 Å². The van der Waals surface area contributed by atoms with Crippen LogP contribution >= 0.6 is 0 Å². The zero-order chi connectivity index (χ0) is 22.0. The number of phenolic OH excluding ortho intramolecular Hbond substituents is 2. The molecular formula is C22H28N4O4. The molecule has 0 bridgehead atoms. The van der Waals surface area contributed by atoms with E-state index in [4.69, 9.17) is 10.5 Å². The molecule has 0 aliphatic carbocycles. The number of nitrogens with one attached hydrogen (secondary N) is 1. The van der Waals surface area contributed by atoms with Crippen molar-refractivity contribution in [3.63, 3.8) is 0 Å². The molecule has 0 amide bonds. The van der Waals surface area contributed by atoms with Crippen molar-refractivity contribution < 1.29 is 14.9 Å². The van der Waals surface area contributed by atoms with Crippen molar-refractivity contribution in [1.82, 2.24) is 14.8 Å². The minimum Gasteiger partial charge on any atom is -0.508 e. The number of hydrogen-bond acceptors (Lipinski definition) is 6. The Morgan fingerprint density at radius 3 is 2.53 bits per heavy atom. The highest BCUT2D eigenvalue weighted by Gasteiger charge is 2.21. The average molecular weight is 412 g/mol. The molecule has 1 aromatic heterocycles. The van der Waals surface area contributed by atoms with Gasteiger partial charge in [-0.3, -0.25) is 0 Å². The summed E-state index contributed by atoms with van der Waals surface area (Å²) in [5.41, 5.74) is 8.19. The monoisotopic (exact) mass is 412 g/mol. The second-order valence-corrected chi connectivity index (χ2v) is 7.59. The third-order valence-corrected chi connectivity index (χ3v) is 5.15. The van der Waals surface area contributed by atoms with Gasteiger partial charge in [0.2, 0.25) is 0 Å². The molecule has 0 saturated carbocycles. The molecule has 2 aromatic carbocycles. The van der Waals surface area contributed by atoms with Gasteiger partial charge >= 0.3 is 5.69 Å². The smallest absolute Gasteiger partial charge is 0.348 e. The van der Waals surface area contributed by atoms with Gasteiger partial charge in [0, 0.05) is 17.7 Å². The molecule has 8 nitrogen and oxygen atoms in total. The molecular weight excluding hydrogens is 384 g/mol. The van der Waals surface area contributed by atoms with Gasteiger partial charge in [-0.25, -0.2) is 14.5 Å². The van der Waals surface area contributed by atoms with Gasteiger partial charge < -0.3 is 20.7 Å². The molecule has 0 aliphatic heterocycles. The van der Waals surface area contributed by atoms with E-state index < -0.39 is 5.69 Å². The van der Waals surface area contributed by atoms with E-state index >= 15 is 0 Å². The van der Waals surface area contributed by atoms with Crippen molar-refractivity contribution in [2.75, 3.05) is 7.11 Å². The predicted octanol–water partition coefficient (Wildman–Crippen LogP) is 3.57. The summed E-state index contributed by atoms with van der Waals surface area (Å²) < 4.78 is 6.82. The van der Waals surface area contributed by atoms with E-state index in [1.807, 2.05) is 13.8 Å². The fraction of sp³-hybridized carbons (Fsp3) is 0.364. The maximum absolute atomic E-state index is 12.6. The molecule has 0 radical (unpaired) electrons. The molecule has 1 atom stereocenters. The molecule has 0 saturated heterocycles. The largest absolute Gasteiger partial charge is 0.508 e. The van der Waals surface area contributed by atoms with Crippen molar-refractivity contribution >= 4 is 0 Å². The lowest BCUT2D eigenvalue weighted by molar-refractivity contribution is 0.404. The van der Waals surface area contributed by atoms with E-state index in [2.05, 4.69) is 17.1 Å². The number of phenols is 2. The molecule has 0 aliphatic rings. The first-order valence-electron chi connectivity index (χ1n) is 9.96. The molecule has 0 spiro atoms. The standard InChI is InChI=1S/C22H28N4O4/c1-5-6-17(23)15-9-13(7-8-20(15)30-4)26-21(24-25-22(26)29)16-10-14(12(2)3)18(27)11-19(16)28/h7-12,17,27-28H,5-6,23H2,1-4H3,(H,25,29). The summed E-state index contributed by atoms with van der Waals surface area (Å²) in [6.07, 6.45) is 1.67. The number of aromatic hydroxyl groups is 2. The Balaban J connectivity index is 2.20. The number of nitrogens with two attached hydrogens (primary N) is 1. The summed E-state index contributed by atoms with van der Waals surface area (Å²) in [7, 11) is 1.58. The molecule has 3 aromatic rings. The summed E-state index contributed by atoms with van der Waals surface area (Å²) in [4.78, 5) is 12.6. The van der Waals surface area contributed by atoms with Gasteiger partial charge in [-0.15, -0.1) is 0 Å². The lowest BCUT2D eigenvalue weighted by Crippen LogP contribution is -2.17. The molecule has 0 fully saturated rings. The molecule has 30 heavy (non-hydrogen) atoms. The Morgan fingerprint density at radius 2 is 1.90 bits per heavy atom. The molecule has 1 heterocycles. The van der Waals surface area contributed by atoms with E-state index in [1.165, 1.54) is 10.6 Å². The van der Waals surface area contributed by atoms with E-state index in [0.29, 0.717) is 22.6 Å². The summed E-state index contributed by atoms with van der Waals surface area (Å²) in [5.74, 6) is 0.719. The van der Waals surface area contributed by atoms with Crippen molar-refractivity contribution in [2.24, 2.45) is 5.73 Å². The van der Waals surface area contributed by atoms with Gasteiger partial charge in [0.25, 0.3) is 0 Å². The maximum Gasteiger partial charge on any atom is 0.348 e. The van der Waals surface area contributed by atoms with Crippen LogP contribution in [0.25, 0.3) is 17.1 Å². The number of ether oxygens (including phenoxy) is 1. The Morgan fingerprint density at radius 1 is 1.17 bits per heavy atom. The third kappa shape index (κ3) is 3.91. The summed E-state index contributed by atoms with van der Waals surface area (Å²) in [5, 5.41) is 27.2. The first-order chi connectivity index (χ1) is 14.3. The average Bonchev–Trinajstić information content (AvgIpc) is 3.08. The van der Waals surface area contributed by atoms with Crippen LogP contribution in [0.2, 0.25) is 0 Å². The highest BCUT2D eigenvalue weighted by Crippen LogP contribution is 2.37. The quantitative estimate of drug-likeness (QED) is 0.470. The van der Waals surface area contributed by atoms with Crippen molar-refractivity contribution in [1.29, 1.82) is 0 Å². The normalized spacial score (nSPS) is 12.3. The predicted molar refractivity (Wildman–Crippen MR) is 115 cm³/mol. The van der Waals surface area contributed by atoms with Crippen molar-refractivity contribution in [3.8, 4) is 34.3 Å². The second-order valence-electron chi connectivity index (χ2n) is 7.59. The third-order valence-electron chi connectivity index (χ3n) is 5.15. The lowest BCUT2D eigenvalue weighted by atomic mass is 9.98. The van der Waals surface area contributed by atoms with E-state index in [9.17, 15) is 15.0 Å². The molecule has 5 N–H and O–H groups in total. The zero-order valence-corrected chi connectivity index (χ0v) is 17.6. The van der Waals surface area contributed by atoms with Gasteiger partial charge in [0.1, 0.15) is 17.2 Å². The van der Waals surface area contributed by atoms with Crippen LogP contribution in [-0.2, 0) is 0 Å². The number of H-pyrrole nitrogens is 1. The van der Waals surface area contributed by atoms with Crippen LogP contribution in [0.5, 0.6) is 17.2 Å². The first-order valence-corrected chi connectivity index (χ1v) is 9.96. The Kier molecular flexibility index (Phi) is 6.17. The Hall–Kier alpha value is -3.26. The van der Waals surface area contributed by atoms with Crippen LogP contribution in [0.3, 0.4) is 0 Å². The van der Waals surface area contributed by atoms with Gasteiger partial charge in [0.05, 0.1) is 18.4 Å². The highest BCUT2D eigenvalue weighted by atomic mass is 16.5. The second kappa shape index (κ2) is 8.62. The van der Waals surface area contributed by atoms with E-state index in [-0.39, 0.29) is 29.3 Å². The SMILES string of the molecule is CCCC(N)c1cc(-n2c(-c3cc(C(C)C)c(O)cc3O)n[nH]c2=O)ccc1OC. The number of benzene rings is 2. The highest BCUT2D eigenvalue weighted by molar-refractivity contribution is 5.69. The minimum absolute atomic E-state index is 0.00652. The first kappa shape index (κ1) is 21.4. The Bertz CT molecular complexity index is 1100. The zero-order valence-electron chi connectivity index (χ0n) is 17.6. The molecule has 8 heteroatoms. The molecule has 160 valence electrons. The van der Waals surface area contributed by atoms with Gasteiger partial charge in [-0.2, -0.15) is 5.10 Å². The fourth-order valence-corrected chi connectivity index (χ4v) is 3.57. The van der Waals surface area contributed by atoms with Crippen LogP contribution in [0.4, 0.5) is 0 Å². The summed E-state index contributed by atoms with van der Waals surface area (Å²) in [6.45, 7) is 5.91. The number of methoxy groups -OCH3 is 1.